The fourth-order valence-electron chi connectivity index (χ4n) is 3.63. The van der Waals surface area contributed by atoms with Gasteiger partial charge in [-0.3, -0.25) is 4.90 Å². The number of unbranched alkanes of at least 4 members (excludes halogenated alkanes) is 6. The summed E-state index contributed by atoms with van der Waals surface area (Å²) < 4.78 is 0. The smallest absolute Gasteiger partial charge is 0.0244 e. The minimum absolute atomic E-state index is 0.731. The Kier molecular flexibility index (Phi) is 10.4. The van der Waals surface area contributed by atoms with E-state index in [4.69, 9.17) is 0 Å². The van der Waals surface area contributed by atoms with Gasteiger partial charge in [0.25, 0.3) is 0 Å². The molecular weight excluding hydrogens is 256 g/mol. The Balaban J connectivity index is 2.23. The van der Waals surface area contributed by atoms with Gasteiger partial charge in [-0.1, -0.05) is 72.6 Å². The zero-order chi connectivity index (χ0) is 15.5. The zero-order valence-corrected chi connectivity index (χ0v) is 15.2. The molecule has 1 rings (SSSR count). The van der Waals surface area contributed by atoms with Gasteiger partial charge in [0.2, 0.25) is 0 Å². The molecule has 0 bridgehead atoms. The summed E-state index contributed by atoms with van der Waals surface area (Å²) in [6, 6.07) is 1.48. The monoisotopic (exact) mass is 296 g/mol. The third-order valence-electron chi connectivity index (χ3n) is 5.00. The summed E-state index contributed by atoms with van der Waals surface area (Å²) in [5, 5.41) is 3.76. The number of rotatable bonds is 11. The molecule has 0 aromatic heterocycles. The molecule has 126 valence electrons. The van der Waals surface area contributed by atoms with Crippen LogP contribution in [-0.2, 0) is 0 Å². The highest BCUT2D eigenvalue weighted by Crippen LogP contribution is 2.18. The number of hydrogen-bond acceptors (Lipinski definition) is 2. The summed E-state index contributed by atoms with van der Waals surface area (Å²) in [6.07, 6.45) is 12.6. The van der Waals surface area contributed by atoms with Gasteiger partial charge in [-0.2, -0.15) is 0 Å². The number of nitrogens with one attached hydrogen (secondary N) is 1. The van der Waals surface area contributed by atoms with Crippen LogP contribution >= 0.6 is 0 Å². The fourth-order valence-corrected chi connectivity index (χ4v) is 3.63. The fraction of sp³-hybridized carbons (Fsp3) is 1.00. The van der Waals surface area contributed by atoms with Crippen LogP contribution in [0.15, 0.2) is 0 Å². The van der Waals surface area contributed by atoms with Crippen molar-refractivity contribution in [3.63, 3.8) is 0 Å². The minimum Gasteiger partial charge on any atom is -0.311 e. The summed E-state index contributed by atoms with van der Waals surface area (Å²) in [6.45, 7) is 13.1. The van der Waals surface area contributed by atoms with Crippen LogP contribution in [0.5, 0.6) is 0 Å². The first kappa shape index (κ1) is 19.0. The van der Waals surface area contributed by atoms with Gasteiger partial charge in [0.15, 0.2) is 0 Å². The van der Waals surface area contributed by atoms with Crippen molar-refractivity contribution in [1.82, 2.24) is 10.2 Å². The Morgan fingerprint density at radius 1 is 0.952 bits per heavy atom. The Bertz CT molecular complexity index is 240. The van der Waals surface area contributed by atoms with Crippen molar-refractivity contribution in [3.05, 3.63) is 0 Å². The third-order valence-corrected chi connectivity index (χ3v) is 5.00. The van der Waals surface area contributed by atoms with E-state index in [9.17, 15) is 0 Å². The molecule has 2 atom stereocenters. The molecule has 1 aliphatic heterocycles. The maximum atomic E-state index is 3.76. The van der Waals surface area contributed by atoms with Gasteiger partial charge in [0.05, 0.1) is 0 Å². The first-order valence-corrected chi connectivity index (χ1v) is 9.66. The van der Waals surface area contributed by atoms with E-state index in [0.717, 1.165) is 18.0 Å². The second kappa shape index (κ2) is 11.5. The average molecular weight is 297 g/mol. The van der Waals surface area contributed by atoms with Crippen LogP contribution in [0.3, 0.4) is 0 Å². The van der Waals surface area contributed by atoms with Crippen molar-refractivity contribution in [1.29, 1.82) is 0 Å². The molecule has 0 spiro atoms. The van der Waals surface area contributed by atoms with E-state index in [0.29, 0.717) is 0 Å². The van der Waals surface area contributed by atoms with Crippen LogP contribution in [-0.4, -0.2) is 36.6 Å². The molecule has 1 fully saturated rings. The molecule has 1 heterocycles. The van der Waals surface area contributed by atoms with Gasteiger partial charge >= 0.3 is 0 Å². The standard InChI is InChI=1S/C19H40N2/c1-5-7-8-9-10-11-12-14-21-16-18(13-6-2)20-15-19(21)17(3)4/h17-20H,5-16H2,1-4H3. The van der Waals surface area contributed by atoms with Crippen molar-refractivity contribution in [2.45, 2.75) is 97.6 Å². The van der Waals surface area contributed by atoms with E-state index < -0.39 is 0 Å². The number of hydrogen-bond donors (Lipinski definition) is 1. The van der Waals surface area contributed by atoms with Crippen molar-refractivity contribution in [3.8, 4) is 0 Å². The van der Waals surface area contributed by atoms with Gasteiger partial charge in [-0.25, -0.2) is 0 Å². The molecule has 0 radical (unpaired) electrons. The van der Waals surface area contributed by atoms with Gasteiger partial charge in [0.1, 0.15) is 0 Å². The average Bonchev–Trinajstić information content (AvgIpc) is 2.46. The molecule has 0 aromatic rings. The van der Waals surface area contributed by atoms with Crippen LogP contribution in [0.2, 0.25) is 0 Å². The van der Waals surface area contributed by atoms with Crippen LogP contribution in [0.25, 0.3) is 0 Å². The lowest BCUT2D eigenvalue weighted by Gasteiger charge is -2.42. The van der Waals surface area contributed by atoms with Gasteiger partial charge in [0, 0.05) is 25.2 Å². The molecular formula is C19H40N2. The second-order valence-corrected chi connectivity index (χ2v) is 7.32. The predicted octanol–water partition coefficient (Wildman–Crippen LogP) is 4.84. The third kappa shape index (κ3) is 7.65. The molecule has 1 N–H and O–H groups in total. The first-order valence-electron chi connectivity index (χ1n) is 9.66. The van der Waals surface area contributed by atoms with Gasteiger partial charge in [-0.15, -0.1) is 0 Å². The van der Waals surface area contributed by atoms with Crippen molar-refractivity contribution >= 4 is 0 Å². The van der Waals surface area contributed by atoms with E-state index in [1.807, 2.05) is 0 Å². The quantitative estimate of drug-likeness (QED) is 0.549. The Morgan fingerprint density at radius 3 is 2.24 bits per heavy atom. The maximum Gasteiger partial charge on any atom is 0.0244 e. The number of nitrogens with zero attached hydrogens (tertiary/aromatic N) is 1. The largest absolute Gasteiger partial charge is 0.311 e. The highest BCUT2D eigenvalue weighted by Gasteiger charge is 2.28. The highest BCUT2D eigenvalue weighted by atomic mass is 15.2. The highest BCUT2D eigenvalue weighted by molar-refractivity contribution is 4.87. The lowest BCUT2D eigenvalue weighted by atomic mass is 9.96. The lowest BCUT2D eigenvalue weighted by Crippen LogP contribution is -2.58. The second-order valence-electron chi connectivity index (χ2n) is 7.32. The van der Waals surface area contributed by atoms with E-state index >= 15 is 0 Å². The molecule has 0 aromatic carbocycles. The zero-order valence-electron chi connectivity index (χ0n) is 15.2. The maximum absolute atomic E-state index is 3.76. The van der Waals surface area contributed by atoms with Crippen LogP contribution < -0.4 is 5.32 Å². The van der Waals surface area contributed by atoms with Crippen LogP contribution in [0, 0.1) is 5.92 Å². The van der Waals surface area contributed by atoms with Gasteiger partial charge < -0.3 is 5.32 Å². The molecule has 0 saturated carbocycles. The molecule has 0 amide bonds. The molecule has 0 aliphatic carbocycles. The Hall–Kier alpha value is -0.0800. The molecule has 1 aliphatic rings. The van der Waals surface area contributed by atoms with E-state index in [2.05, 4.69) is 37.9 Å². The molecule has 2 unspecified atom stereocenters. The lowest BCUT2D eigenvalue weighted by molar-refractivity contribution is 0.0936. The van der Waals surface area contributed by atoms with Gasteiger partial charge in [-0.05, 0) is 25.3 Å². The molecule has 21 heavy (non-hydrogen) atoms. The topological polar surface area (TPSA) is 15.3 Å². The Morgan fingerprint density at radius 2 is 1.62 bits per heavy atom. The van der Waals surface area contributed by atoms with E-state index in [1.54, 1.807) is 0 Å². The minimum atomic E-state index is 0.731. The normalized spacial score (nSPS) is 23.9. The van der Waals surface area contributed by atoms with Crippen LogP contribution in [0.4, 0.5) is 0 Å². The van der Waals surface area contributed by atoms with Crippen molar-refractivity contribution in [2.24, 2.45) is 5.92 Å². The van der Waals surface area contributed by atoms with E-state index in [-0.39, 0.29) is 0 Å². The van der Waals surface area contributed by atoms with Crippen molar-refractivity contribution in [2.75, 3.05) is 19.6 Å². The molecule has 1 saturated heterocycles. The summed E-state index contributed by atoms with van der Waals surface area (Å²) >= 11 is 0. The Labute approximate surface area is 134 Å². The first-order chi connectivity index (χ1) is 10.2. The van der Waals surface area contributed by atoms with E-state index in [1.165, 1.54) is 77.4 Å². The summed E-state index contributed by atoms with van der Waals surface area (Å²) in [7, 11) is 0. The summed E-state index contributed by atoms with van der Waals surface area (Å²) in [5.41, 5.74) is 0. The van der Waals surface area contributed by atoms with Crippen LogP contribution in [0.1, 0.15) is 85.5 Å². The summed E-state index contributed by atoms with van der Waals surface area (Å²) in [5.74, 6) is 0.768. The predicted molar refractivity (Wildman–Crippen MR) is 94.9 cm³/mol. The summed E-state index contributed by atoms with van der Waals surface area (Å²) in [4.78, 5) is 2.79. The van der Waals surface area contributed by atoms with Crippen molar-refractivity contribution < 1.29 is 0 Å². The molecule has 2 nitrogen and oxygen atoms in total. The SMILES string of the molecule is CCCCCCCCCN1CC(CCC)NCC1C(C)C. The number of piperazine rings is 1. The molecule has 2 heteroatoms.